The quantitative estimate of drug-likeness (QED) is 0.432. The van der Waals surface area contributed by atoms with E-state index >= 15 is 0 Å². The standard InChI is InChI=1S/C29H39N5O3S/c1-7-20(11-12-21(8-2)23-19(3)32-18-38-23)16-31-25(35)22-10-9-15-34(22)26(36)24(28(4,5)6)33-27(37)29(17-30)13-14-29/h7,11-12,18,22,24H,1,8-10,13-16H2,2-6H3,(H,31,35)(H,33,37)/b20-11+,21-12+. The zero-order valence-corrected chi connectivity index (χ0v) is 23.9. The highest BCUT2D eigenvalue weighted by molar-refractivity contribution is 7.10. The van der Waals surface area contributed by atoms with Gasteiger partial charge in [0.1, 0.15) is 17.5 Å². The molecule has 38 heavy (non-hydrogen) atoms. The van der Waals surface area contributed by atoms with Crippen LogP contribution in [0.3, 0.4) is 0 Å². The first-order valence-electron chi connectivity index (χ1n) is 13.2. The van der Waals surface area contributed by atoms with E-state index in [1.165, 1.54) is 5.57 Å². The molecule has 3 amide bonds. The SMILES string of the molecule is C=C/C(=C\C=C(/CC)c1scnc1C)CNC(=O)C1CCCN1C(=O)C(NC(=O)C1(C#N)CC1)C(C)(C)C. The number of thiazole rings is 1. The summed E-state index contributed by atoms with van der Waals surface area (Å²) in [4.78, 5) is 46.7. The van der Waals surface area contributed by atoms with Gasteiger partial charge in [0.05, 0.1) is 22.2 Å². The van der Waals surface area contributed by atoms with Gasteiger partial charge in [-0.15, -0.1) is 11.3 Å². The van der Waals surface area contributed by atoms with E-state index in [1.54, 1.807) is 22.3 Å². The number of rotatable bonds is 10. The predicted molar refractivity (Wildman–Crippen MR) is 150 cm³/mol. The van der Waals surface area contributed by atoms with E-state index in [9.17, 15) is 19.6 Å². The van der Waals surface area contributed by atoms with Crippen molar-refractivity contribution in [2.45, 2.75) is 78.8 Å². The van der Waals surface area contributed by atoms with Crippen LogP contribution in [0.2, 0.25) is 0 Å². The minimum atomic E-state index is -1.02. The van der Waals surface area contributed by atoms with E-state index in [2.05, 4.69) is 35.2 Å². The molecule has 2 unspecified atom stereocenters. The van der Waals surface area contributed by atoms with Gasteiger partial charge >= 0.3 is 0 Å². The minimum Gasteiger partial charge on any atom is -0.350 e. The van der Waals surface area contributed by atoms with E-state index < -0.39 is 28.8 Å². The molecular formula is C29H39N5O3S. The molecule has 0 bridgehead atoms. The van der Waals surface area contributed by atoms with Gasteiger partial charge < -0.3 is 15.5 Å². The lowest BCUT2D eigenvalue weighted by molar-refractivity contribution is -0.144. The summed E-state index contributed by atoms with van der Waals surface area (Å²) in [6.45, 7) is 14.3. The van der Waals surface area contributed by atoms with E-state index in [0.29, 0.717) is 38.8 Å². The Hall–Kier alpha value is -3.25. The fourth-order valence-electron chi connectivity index (χ4n) is 4.58. The van der Waals surface area contributed by atoms with Gasteiger partial charge in [-0.2, -0.15) is 5.26 Å². The van der Waals surface area contributed by atoms with Crippen LogP contribution in [0.15, 0.2) is 35.9 Å². The molecule has 8 nitrogen and oxygen atoms in total. The van der Waals surface area contributed by atoms with Crippen LogP contribution in [0, 0.1) is 29.1 Å². The summed E-state index contributed by atoms with van der Waals surface area (Å²) >= 11 is 1.61. The van der Waals surface area contributed by atoms with Gasteiger partial charge in [0.25, 0.3) is 0 Å². The average Bonchev–Trinajstić information content (AvgIpc) is 3.32. The van der Waals surface area contributed by atoms with Crippen LogP contribution in [0.1, 0.15) is 70.4 Å². The molecule has 9 heteroatoms. The minimum absolute atomic E-state index is 0.226. The van der Waals surface area contributed by atoms with E-state index in [1.807, 2.05) is 45.4 Å². The molecule has 1 aromatic heterocycles. The van der Waals surface area contributed by atoms with Crippen LogP contribution in [-0.2, 0) is 14.4 Å². The van der Waals surface area contributed by atoms with Gasteiger partial charge in [-0.3, -0.25) is 14.4 Å². The number of aryl methyl sites for hydroxylation is 1. The van der Waals surface area contributed by atoms with E-state index in [4.69, 9.17) is 0 Å². The van der Waals surface area contributed by atoms with E-state index in [-0.39, 0.29) is 11.8 Å². The van der Waals surface area contributed by atoms with Crippen molar-refractivity contribution in [3.8, 4) is 6.07 Å². The molecule has 2 heterocycles. The van der Waals surface area contributed by atoms with Crippen molar-refractivity contribution >= 4 is 34.6 Å². The van der Waals surface area contributed by atoms with Crippen molar-refractivity contribution in [2.75, 3.05) is 13.1 Å². The molecule has 1 aromatic rings. The number of carbonyl (C=O) groups is 3. The normalized spacial score (nSPS) is 19.9. The van der Waals surface area contributed by atoms with Gasteiger partial charge in [0, 0.05) is 13.1 Å². The smallest absolute Gasteiger partial charge is 0.246 e. The van der Waals surface area contributed by atoms with Crippen LogP contribution in [0.4, 0.5) is 0 Å². The van der Waals surface area contributed by atoms with Crippen LogP contribution in [-0.4, -0.2) is 52.8 Å². The highest BCUT2D eigenvalue weighted by Crippen LogP contribution is 2.45. The number of carbonyl (C=O) groups excluding carboxylic acids is 3. The van der Waals surface area contributed by atoms with Crippen LogP contribution >= 0.6 is 11.3 Å². The number of likely N-dealkylation sites (tertiary alicyclic amines) is 1. The fourth-order valence-corrected chi connectivity index (χ4v) is 5.48. The maximum absolute atomic E-state index is 13.6. The van der Waals surface area contributed by atoms with Crippen molar-refractivity contribution in [1.29, 1.82) is 5.26 Å². The van der Waals surface area contributed by atoms with Gasteiger partial charge in [0.15, 0.2) is 0 Å². The molecule has 2 fully saturated rings. The molecule has 2 aliphatic rings. The first-order valence-corrected chi connectivity index (χ1v) is 14.1. The predicted octanol–water partition coefficient (Wildman–Crippen LogP) is 4.30. The number of nitriles is 1. The third-order valence-corrected chi connectivity index (χ3v) is 8.28. The second-order valence-electron chi connectivity index (χ2n) is 11.1. The Morgan fingerprint density at radius 3 is 2.58 bits per heavy atom. The van der Waals surface area contributed by atoms with Crippen LogP contribution < -0.4 is 10.6 Å². The fraction of sp³-hybridized carbons (Fsp3) is 0.552. The molecule has 1 saturated heterocycles. The maximum Gasteiger partial charge on any atom is 0.246 e. The van der Waals surface area contributed by atoms with Crippen molar-refractivity contribution in [3.63, 3.8) is 0 Å². The lowest BCUT2D eigenvalue weighted by atomic mass is 9.85. The molecule has 1 aliphatic carbocycles. The lowest BCUT2D eigenvalue weighted by Crippen LogP contribution is -2.58. The number of aromatic nitrogens is 1. The van der Waals surface area contributed by atoms with Gasteiger partial charge in [-0.25, -0.2) is 4.98 Å². The Morgan fingerprint density at radius 1 is 1.34 bits per heavy atom. The molecule has 0 spiro atoms. The summed E-state index contributed by atoms with van der Waals surface area (Å²) < 4.78 is 0. The van der Waals surface area contributed by atoms with Crippen molar-refractivity contribution in [1.82, 2.24) is 20.5 Å². The molecule has 0 aromatic carbocycles. The Labute approximate surface area is 229 Å². The zero-order valence-electron chi connectivity index (χ0n) is 23.1. The number of hydrogen-bond donors (Lipinski definition) is 2. The molecule has 1 aliphatic heterocycles. The Bertz CT molecular complexity index is 1180. The summed E-state index contributed by atoms with van der Waals surface area (Å²) in [6.07, 6.45) is 8.85. The number of allylic oxidation sites excluding steroid dienone is 3. The third-order valence-electron chi connectivity index (χ3n) is 7.27. The largest absolute Gasteiger partial charge is 0.350 e. The summed E-state index contributed by atoms with van der Waals surface area (Å²) in [5.41, 5.74) is 3.26. The first-order chi connectivity index (χ1) is 18.0. The highest BCUT2D eigenvalue weighted by Gasteiger charge is 2.53. The Balaban J connectivity index is 1.68. The molecule has 3 rings (SSSR count). The Kier molecular flexibility index (Phi) is 9.31. The Morgan fingerprint density at radius 2 is 2.05 bits per heavy atom. The van der Waals surface area contributed by atoms with Crippen molar-refractivity contribution in [2.24, 2.45) is 10.8 Å². The molecular weight excluding hydrogens is 498 g/mol. The van der Waals surface area contributed by atoms with Crippen molar-refractivity contribution < 1.29 is 14.4 Å². The zero-order chi connectivity index (χ0) is 28.1. The highest BCUT2D eigenvalue weighted by atomic mass is 32.1. The molecule has 1 saturated carbocycles. The second kappa shape index (κ2) is 12.1. The first kappa shape index (κ1) is 29.3. The number of amides is 3. The molecule has 204 valence electrons. The number of nitrogens with zero attached hydrogens (tertiary/aromatic N) is 3. The average molecular weight is 538 g/mol. The molecule has 2 N–H and O–H groups in total. The van der Waals surface area contributed by atoms with Crippen molar-refractivity contribution in [3.05, 3.63) is 46.5 Å². The third kappa shape index (κ3) is 6.60. The maximum atomic E-state index is 13.6. The summed E-state index contributed by atoms with van der Waals surface area (Å²) in [5.74, 6) is -0.911. The molecule has 2 atom stereocenters. The van der Waals surface area contributed by atoms with Crippen LogP contribution in [0.5, 0.6) is 0 Å². The van der Waals surface area contributed by atoms with E-state index in [0.717, 1.165) is 22.6 Å². The number of hydrogen-bond acceptors (Lipinski definition) is 6. The lowest BCUT2D eigenvalue weighted by Gasteiger charge is -2.35. The second-order valence-corrected chi connectivity index (χ2v) is 12.0. The summed E-state index contributed by atoms with van der Waals surface area (Å²) in [5, 5.41) is 15.2. The van der Waals surface area contributed by atoms with Gasteiger partial charge in [-0.05, 0) is 55.6 Å². The monoisotopic (exact) mass is 537 g/mol. The summed E-state index contributed by atoms with van der Waals surface area (Å²) in [7, 11) is 0. The van der Waals surface area contributed by atoms with Crippen LogP contribution in [0.25, 0.3) is 5.57 Å². The summed E-state index contributed by atoms with van der Waals surface area (Å²) in [6, 6.07) is 0.651. The molecule has 0 radical (unpaired) electrons. The van der Waals surface area contributed by atoms with Gasteiger partial charge in [-0.1, -0.05) is 52.5 Å². The number of nitrogens with one attached hydrogen (secondary N) is 2. The topological polar surface area (TPSA) is 115 Å². The van der Waals surface area contributed by atoms with Gasteiger partial charge in [0.2, 0.25) is 17.7 Å².